The maximum Gasteiger partial charge on any atom is 0.257 e. The third-order valence-electron chi connectivity index (χ3n) is 4.85. The Hall–Kier alpha value is -2.04. The molecule has 0 fully saturated rings. The zero-order chi connectivity index (χ0) is 17.7. The van der Waals surface area contributed by atoms with Gasteiger partial charge in [0.25, 0.3) is 5.91 Å². The highest BCUT2D eigenvalue weighted by molar-refractivity contribution is 6.36. The maximum absolute atomic E-state index is 12.6. The number of carbonyl (C=O) groups is 2. The van der Waals surface area contributed by atoms with Gasteiger partial charge in [0.05, 0.1) is 22.2 Å². The van der Waals surface area contributed by atoms with Gasteiger partial charge < -0.3 is 10.2 Å². The van der Waals surface area contributed by atoms with Crippen LogP contribution in [0.1, 0.15) is 40.7 Å². The monoisotopic (exact) mass is 374 g/mol. The molecule has 0 saturated heterocycles. The van der Waals surface area contributed by atoms with E-state index in [2.05, 4.69) is 5.32 Å². The largest absolute Gasteiger partial charge is 0.322 e. The molecule has 2 aliphatic heterocycles. The van der Waals surface area contributed by atoms with Crippen LogP contribution in [0.15, 0.2) is 30.3 Å². The first-order valence-electron chi connectivity index (χ1n) is 8.20. The van der Waals surface area contributed by atoms with Gasteiger partial charge in [-0.2, -0.15) is 0 Å². The molecule has 2 aromatic carbocycles. The predicted octanol–water partition coefficient (Wildman–Crippen LogP) is 4.64. The lowest BCUT2D eigenvalue weighted by atomic mass is 9.96. The number of rotatable bonds is 2. The second-order valence-corrected chi connectivity index (χ2v) is 7.31. The Balaban J connectivity index is 1.70. The second kappa shape index (κ2) is 6.04. The smallest absolute Gasteiger partial charge is 0.257 e. The number of anilines is 2. The molecule has 25 heavy (non-hydrogen) atoms. The van der Waals surface area contributed by atoms with Gasteiger partial charge in [-0.3, -0.25) is 9.59 Å². The van der Waals surface area contributed by atoms with Gasteiger partial charge in [-0.25, -0.2) is 0 Å². The van der Waals surface area contributed by atoms with Crippen LogP contribution in [0.5, 0.6) is 0 Å². The van der Waals surface area contributed by atoms with Crippen LogP contribution in [0.4, 0.5) is 11.4 Å². The van der Waals surface area contributed by atoms with E-state index in [1.807, 2.05) is 24.0 Å². The third-order valence-corrected chi connectivity index (χ3v) is 5.41. The van der Waals surface area contributed by atoms with Crippen molar-refractivity contribution in [3.05, 3.63) is 57.1 Å². The van der Waals surface area contributed by atoms with Gasteiger partial charge in [0, 0.05) is 17.3 Å². The van der Waals surface area contributed by atoms with E-state index < -0.39 is 0 Å². The highest BCUT2D eigenvalue weighted by Gasteiger charge is 2.37. The second-order valence-electron chi connectivity index (χ2n) is 6.47. The molecular formula is C19H16Cl2N2O2. The van der Waals surface area contributed by atoms with Gasteiger partial charge in [-0.1, -0.05) is 23.2 Å². The Kier molecular flexibility index (Phi) is 3.97. The van der Waals surface area contributed by atoms with Crippen molar-refractivity contribution in [1.29, 1.82) is 0 Å². The van der Waals surface area contributed by atoms with Crippen LogP contribution in [-0.4, -0.2) is 18.4 Å². The van der Waals surface area contributed by atoms with Gasteiger partial charge in [-0.15, -0.1) is 0 Å². The molecule has 0 unspecified atom stereocenters. The number of carbonyl (C=O) groups excluding carboxylic acids is 2. The minimum absolute atomic E-state index is 0.136. The summed E-state index contributed by atoms with van der Waals surface area (Å²) < 4.78 is 0. The molecule has 4 rings (SSSR count). The van der Waals surface area contributed by atoms with E-state index in [9.17, 15) is 9.59 Å². The molecule has 2 aromatic rings. The average Bonchev–Trinajstić information content (AvgIpc) is 2.84. The van der Waals surface area contributed by atoms with E-state index >= 15 is 0 Å². The summed E-state index contributed by atoms with van der Waals surface area (Å²) >= 11 is 12.1. The van der Waals surface area contributed by atoms with Crippen LogP contribution in [0.25, 0.3) is 0 Å². The molecule has 4 nitrogen and oxygen atoms in total. The fourth-order valence-electron chi connectivity index (χ4n) is 3.64. The SMILES string of the molecule is C[C@@H]1C(=O)N2CCCc3cc(NC(=O)c4cc(Cl)ccc4Cl)cc1c32. The molecule has 0 spiro atoms. The minimum atomic E-state index is -0.315. The number of amides is 2. The number of nitrogens with zero attached hydrogens (tertiary/aromatic N) is 1. The number of benzene rings is 2. The van der Waals surface area contributed by atoms with Crippen molar-refractivity contribution < 1.29 is 9.59 Å². The molecule has 2 aliphatic rings. The molecule has 0 aromatic heterocycles. The molecule has 6 heteroatoms. The van der Waals surface area contributed by atoms with Gasteiger partial charge in [0.15, 0.2) is 0 Å². The normalized spacial score (nSPS) is 18.3. The van der Waals surface area contributed by atoms with Crippen LogP contribution in [-0.2, 0) is 11.2 Å². The van der Waals surface area contributed by atoms with Gasteiger partial charge >= 0.3 is 0 Å². The molecule has 2 amide bonds. The molecule has 1 atom stereocenters. The van der Waals surface area contributed by atoms with Crippen LogP contribution in [0, 0.1) is 0 Å². The Labute approximate surface area is 155 Å². The van der Waals surface area contributed by atoms with E-state index in [4.69, 9.17) is 23.2 Å². The van der Waals surface area contributed by atoms with E-state index in [-0.39, 0.29) is 17.7 Å². The topological polar surface area (TPSA) is 49.4 Å². The first-order valence-corrected chi connectivity index (χ1v) is 8.96. The van der Waals surface area contributed by atoms with Crippen molar-refractivity contribution in [3.8, 4) is 0 Å². The molecule has 2 heterocycles. The molecular weight excluding hydrogens is 359 g/mol. The quantitative estimate of drug-likeness (QED) is 0.831. The number of halogens is 2. The highest BCUT2D eigenvalue weighted by Crippen LogP contribution is 2.44. The third kappa shape index (κ3) is 2.70. The summed E-state index contributed by atoms with van der Waals surface area (Å²) in [5, 5.41) is 3.69. The Morgan fingerprint density at radius 2 is 2.04 bits per heavy atom. The number of hydrogen-bond donors (Lipinski definition) is 1. The fourth-order valence-corrected chi connectivity index (χ4v) is 4.01. The molecule has 1 N–H and O–H groups in total. The lowest BCUT2D eigenvalue weighted by molar-refractivity contribution is -0.119. The van der Waals surface area contributed by atoms with Crippen LogP contribution in [0.2, 0.25) is 10.0 Å². The fraction of sp³-hybridized carbons (Fsp3) is 0.263. The van der Waals surface area contributed by atoms with E-state index in [1.165, 1.54) is 0 Å². The standard InChI is InChI=1S/C19H16Cl2N2O2/c1-10-14-9-13(7-11-3-2-6-23(17(11)14)19(10)25)22-18(24)15-8-12(20)4-5-16(15)21/h4-5,7-10H,2-3,6H2,1H3,(H,22,24)/t10-/m0/s1. The lowest BCUT2D eigenvalue weighted by Gasteiger charge is -2.26. The van der Waals surface area contributed by atoms with Crippen LogP contribution >= 0.6 is 23.2 Å². The maximum atomic E-state index is 12.6. The Bertz CT molecular complexity index is 911. The van der Waals surface area contributed by atoms with Crippen molar-refractivity contribution in [3.63, 3.8) is 0 Å². The van der Waals surface area contributed by atoms with Gasteiger partial charge in [0.2, 0.25) is 5.91 Å². The summed E-state index contributed by atoms with van der Waals surface area (Å²) in [6, 6.07) is 8.63. The molecule has 0 aliphatic carbocycles. The summed E-state index contributed by atoms with van der Waals surface area (Å²) in [6.07, 6.45) is 1.84. The summed E-state index contributed by atoms with van der Waals surface area (Å²) in [7, 11) is 0. The first-order chi connectivity index (χ1) is 12.0. The zero-order valence-corrected chi connectivity index (χ0v) is 15.1. The van der Waals surface area contributed by atoms with Crippen molar-refractivity contribution in [1.82, 2.24) is 0 Å². The number of hydrogen-bond acceptors (Lipinski definition) is 2. The zero-order valence-electron chi connectivity index (χ0n) is 13.6. The highest BCUT2D eigenvalue weighted by atomic mass is 35.5. The summed E-state index contributed by atoms with van der Waals surface area (Å²) in [5.74, 6) is -0.361. The number of aryl methyl sites for hydroxylation is 1. The van der Waals surface area contributed by atoms with Crippen molar-refractivity contribution >= 4 is 46.4 Å². The molecule has 0 radical (unpaired) electrons. The Morgan fingerprint density at radius 1 is 1.24 bits per heavy atom. The van der Waals surface area contributed by atoms with E-state index in [0.29, 0.717) is 21.3 Å². The molecule has 0 bridgehead atoms. The lowest BCUT2D eigenvalue weighted by Crippen LogP contribution is -2.32. The van der Waals surface area contributed by atoms with Gasteiger partial charge in [0.1, 0.15) is 0 Å². The minimum Gasteiger partial charge on any atom is -0.322 e. The van der Waals surface area contributed by atoms with Crippen LogP contribution in [0.3, 0.4) is 0 Å². The summed E-state index contributed by atoms with van der Waals surface area (Å²) in [4.78, 5) is 26.9. The van der Waals surface area contributed by atoms with Crippen molar-refractivity contribution in [2.45, 2.75) is 25.7 Å². The van der Waals surface area contributed by atoms with Crippen molar-refractivity contribution in [2.24, 2.45) is 0 Å². The first kappa shape index (κ1) is 16.4. The van der Waals surface area contributed by atoms with E-state index in [0.717, 1.165) is 36.2 Å². The Morgan fingerprint density at radius 3 is 2.84 bits per heavy atom. The van der Waals surface area contributed by atoms with Crippen molar-refractivity contribution in [2.75, 3.05) is 16.8 Å². The van der Waals surface area contributed by atoms with E-state index in [1.54, 1.807) is 18.2 Å². The van der Waals surface area contributed by atoms with Crippen LogP contribution < -0.4 is 10.2 Å². The number of nitrogens with one attached hydrogen (secondary N) is 1. The molecule has 128 valence electrons. The predicted molar refractivity (Wildman–Crippen MR) is 99.9 cm³/mol. The summed E-state index contributed by atoms with van der Waals surface area (Å²) in [6.45, 7) is 2.68. The summed E-state index contributed by atoms with van der Waals surface area (Å²) in [5.41, 5.74) is 4.12. The average molecular weight is 375 g/mol. The molecule has 0 saturated carbocycles. The van der Waals surface area contributed by atoms with Gasteiger partial charge in [-0.05, 0) is 61.2 Å².